The first-order chi connectivity index (χ1) is 12.6. The molecule has 138 valence electrons. The minimum absolute atomic E-state index is 0.0840. The molecule has 1 aromatic carbocycles. The molecule has 1 aromatic rings. The van der Waals surface area contributed by atoms with Gasteiger partial charge in [0.05, 0.1) is 23.8 Å². The fourth-order valence-electron chi connectivity index (χ4n) is 3.92. The number of imide groups is 1. The average molecular weight is 357 g/mol. The van der Waals surface area contributed by atoms with Crippen LogP contribution in [-0.2, 0) is 4.74 Å². The van der Waals surface area contributed by atoms with Crippen LogP contribution in [0.4, 0.5) is 0 Å². The molecule has 3 aliphatic rings. The number of hydrogen-bond acceptors (Lipinski definition) is 5. The Morgan fingerprint density at radius 1 is 1.27 bits per heavy atom. The molecule has 0 aromatic heterocycles. The van der Waals surface area contributed by atoms with E-state index in [4.69, 9.17) is 4.74 Å². The molecular weight excluding hydrogens is 334 g/mol. The summed E-state index contributed by atoms with van der Waals surface area (Å²) < 4.78 is 5.55. The Morgan fingerprint density at radius 2 is 2.08 bits per heavy atom. The van der Waals surface area contributed by atoms with Gasteiger partial charge in [-0.15, -0.1) is 0 Å². The summed E-state index contributed by atoms with van der Waals surface area (Å²) in [4.78, 5) is 41.0. The minimum Gasteiger partial charge on any atom is -0.376 e. The number of hydrogen-bond donors (Lipinski definition) is 1. The third-order valence-electron chi connectivity index (χ3n) is 5.53. The van der Waals surface area contributed by atoms with E-state index in [1.54, 1.807) is 30.1 Å². The van der Waals surface area contributed by atoms with Crippen LogP contribution in [0.2, 0.25) is 0 Å². The highest BCUT2D eigenvalue weighted by Gasteiger charge is 2.38. The Morgan fingerprint density at radius 3 is 2.77 bits per heavy atom. The second kappa shape index (κ2) is 6.81. The lowest BCUT2D eigenvalue weighted by molar-refractivity contribution is 0.0475. The summed E-state index contributed by atoms with van der Waals surface area (Å²) in [5.74, 6) is -0.757. The van der Waals surface area contributed by atoms with E-state index in [1.165, 1.54) is 4.90 Å². The number of nitrogens with one attached hydrogen (secondary N) is 1. The summed E-state index contributed by atoms with van der Waals surface area (Å²) in [6, 6.07) is 4.95. The van der Waals surface area contributed by atoms with Gasteiger partial charge in [0, 0.05) is 31.8 Å². The normalized spacial score (nSPS) is 25.0. The molecule has 2 saturated heterocycles. The highest BCUT2D eigenvalue weighted by molar-refractivity contribution is 6.22. The summed E-state index contributed by atoms with van der Waals surface area (Å²) in [5.41, 5.74) is 1.13. The van der Waals surface area contributed by atoms with E-state index in [0.29, 0.717) is 23.3 Å². The number of carbonyl (C=O) groups is 3. The van der Waals surface area contributed by atoms with E-state index in [0.717, 1.165) is 32.4 Å². The van der Waals surface area contributed by atoms with Crippen molar-refractivity contribution < 1.29 is 19.1 Å². The van der Waals surface area contributed by atoms with Gasteiger partial charge >= 0.3 is 0 Å². The summed E-state index contributed by atoms with van der Waals surface area (Å²) in [5, 5.41) is 3.24. The van der Waals surface area contributed by atoms with E-state index >= 15 is 0 Å². The van der Waals surface area contributed by atoms with Gasteiger partial charge in [-0.25, -0.2) is 0 Å². The van der Waals surface area contributed by atoms with Gasteiger partial charge in [-0.2, -0.15) is 0 Å². The smallest absolute Gasteiger partial charge is 0.261 e. The maximum absolute atomic E-state index is 12.7. The molecule has 0 saturated carbocycles. The summed E-state index contributed by atoms with van der Waals surface area (Å²) in [6.07, 6.45) is 2.64. The van der Waals surface area contributed by atoms with Gasteiger partial charge in [-0.05, 0) is 44.0 Å². The van der Waals surface area contributed by atoms with Gasteiger partial charge in [0.1, 0.15) is 0 Å². The summed E-state index contributed by atoms with van der Waals surface area (Å²) in [6.45, 7) is 2.63. The molecule has 4 rings (SSSR count). The van der Waals surface area contributed by atoms with Gasteiger partial charge in [-0.3, -0.25) is 19.3 Å². The van der Waals surface area contributed by atoms with Crippen LogP contribution in [0.1, 0.15) is 50.3 Å². The Hall–Kier alpha value is -2.25. The predicted octanol–water partition coefficient (Wildman–Crippen LogP) is 0.896. The van der Waals surface area contributed by atoms with Gasteiger partial charge < -0.3 is 15.0 Å². The fourth-order valence-corrected chi connectivity index (χ4v) is 3.92. The van der Waals surface area contributed by atoms with Crippen molar-refractivity contribution >= 4 is 17.7 Å². The monoisotopic (exact) mass is 357 g/mol. The van der Waals surface area contributed by atoms with Crippen molar-refractivity contribution in [2.45, 2.75) is 31.4 Å². The first kappa shape index (κ1) is 17.2. The van der Waals surface area contributed by atoms with Crippen molar-refractivity contribution in [3.63, 3.8) is 0 Å². The van der Waals surface area contributed by atoms with Crippen LogP contribution in [0.15, 0.2) is 18.2 Å². The van der Waals surface area contributed by atoms with E-state index in [9.17, 15) is 14.4 Å². The van der Waals surface area contributed by atoms with Crippen LogP contribution in [0.3, 0.4) is 0 Å². The molecule has 2 atom stereocenters. The van der Waals surface area contributed by atoms with E-state index in [2.05, 4.69) is 5.32 Å². The molecule has 7 heteroatoms. The van der Waals surface area contributed by atoms with E-state index < -0.39 is 0 Å². The second-order valence-electron chi connectivity index (χ2n) is 7.18. The fraction of sp³-hybridized carbons (Fsp3) is 0.526. The van der Waals surface area contributed by atoms with Crippen molar-refractivity contribution in [3.8, 4) is 0 Å². The van der Waals surface area contributed by atoms with Crippen molar-refractivity contribution in [1.29, 1.82) is 0 Å². The minimum atomic E-state index is -0.333. The van der Waals surface area contributed by atoms with Gasteiger partial charge in [0.15, 0.2) is 0 Å². The zero-order valence-corrected chi connectivity index (χ0v) is 14.9. The molecule has 7 nitrogen and oxygen atoms in total. The number of nitrogens with zero attached hydrogens (tertiary/aromatic N) is 2. The predicted molar refractivity (Wildman–Crippen MR) is 94.2 cm³/mol. The maximum atomic E-state index is 12.7. The molecule has 2 fully saturated rings. The maximum Gasteiger partial charge on any atom is 0.261 e. The number of amides is 3. The zero-order valence-electron chi connectivity index (χ0n) is 14.9. The summed E-state index contributed by atoms with van der Waals surface area (Å²) in [7, 11) is 1.78. The lowest BCUT2D eigenvalue weighted by atomic mass is 10.0. The third-order valence-corrected chi connectivity index (χ3v) is 5.53. The molecule has 26 heavy (non-hydrogen) atoms. The molecule has 0 bridgehead atoms. The molecule has 0 aliphatic carbocycles. The molecule has 3 amide bonds. The first-order valence-electron chi connectivity index (χ1n) is 9.16. The van der Waals surface area contributed by atoms with Crippen molar-refractivity contribution in [2.75, 3.05) is 33.3 Å². The van der Waals surface area contributed by atoms with Crippen LogP contribution in [0.5, 0.6) is 0 Å². The number of carbonyl (C=O) groups excluding carboxylic acids is 3. The van der Waals surface area contributed by atoms with Crippen LogP contribution in [-0.4, -0.2) is 73.0 Å². The van der Waals surface area contributed by atoms with E-state index in [-0.39, 0.29) is 36.4 Å². The first-order valence-corrected chi connectivity index (χ1v) is 9.16. The number of fused-ring (bicyclic) bond motifs is 1. The van der Waals surface area contributed by atoms with Gasteiger partial charge in [-0.1, -0.05) is 0 Å². The van der Waals surface area contributed by atoms with E-state index in [1.807, 2.05) is 0 Å². The average Bonchev–Trinajstić information content (AvgIpc) is 3.40. The van der Waals surface area contributed by atoms with Crippen molar-refractivity contribution in [3.05, 3.63) is 34.9 Å². The van der Waals surface area contributed by atoms with Crippen LogP contribution < -0.4 is 5.32 Å². The Bertz CT molecular complexity index is 751. The second-order valence-corrected chi connectivity index (χ2v) is 7.18. The molecule has 1 N–H and O–H groups in total. The topological polar surface area (TPSA) is 79.0 Å². The lowest BCUT2D eigenvalue weighted by Crippen LogP contribution is -2.38. The van der Waals surface area contributed by atoms with Crippen molar-refractivity contribution in [2.24, 2.45) is 0 Å². The SMILES string of the molecule is CN(C(=O)c1ccc2c(c1)C(=O)N(CC1CCCO1)C2=O)C1CCNC1. The largest absolute Gasteiger partial charge is 0.376 e. The summed E-state index contributed by atoms with van der Waals surface area (Å²) >= 11 is 0. The quantitative estimate of drug-likeness (QED) is 0.810. The molecule has 0 spiro atoms. The van der Waals surface area contributed by atoms with Crippen molar-refractivity contribution in [1.82, 2.24) is 15.1 Å². The standard InChI is InChI=1S/C19H23N3O4/c1-21(13-6-7-20-10-13)17(23)12-4-5-15-16(9-12)19(25)22(18(15)24)11-14-3-2-8-26-14/h4-5,9,13-14,20H,2-3,6-8,10-11H2,1H3. The number of ether oxygens (including phenoxy) is 1. The third kappa shape index (κ3) is 2.91. The number of benzene rings is 1. The number of likely N-dealkylation sites (N-methyl/N-ethyl adjacent to an activating group) is 1. The Balaban J connectivity index is 1.54. The van der Waals surface area contributed by atoms with Gasteiger partial charge in [0.25, 0.3) is 17.7 Å². The molecule has 3 aliphatic heterocycles. The molecule has 0 radical (unpaired) electrons. The van der Waals surface area contributed by atoms with Crippen LogP contribution in [0, 0.1) is 0 Å². The molecular formula is C19H23N3O4. The van der Waals surface area contributed by atoms with Crippen LogP contribution in [0.25, 0.3) is 0 Å². The molecule has 2 unspecified atom stereocenters. The highest BCUT2D eigenvalue weighted by atomic mass is 16.5. The highest BCUT2D eigenvalue weighted by Crippen LogP contribution is 2.26. The number of rotatable bonds is 4. The Labute approximate surface area is 152 Å². The zero-order chi connectivity index (χ0) is 18.3. The van der Waals surface area contributed by atoms with Crippen LogP contribution >= 0.6 is 0 Å². The van der Waals surface area contributed by atoms with Gasteiger partial charge in [0.2, 0.25) is 0 Å². The molecule has 3 heterocycles. The Kier molecular flexibility index (Phi) is 4.50. The lowest BCUT2D eigenvalue weighted by Gasteiger charge is -2.23.